The minimum atomic E-state index is -0.498. The van der Waals surface area contributed by atoms with Gasteiger partial charge in [0.2, 0.25) is 6.23 Å². The lowest BCUT2D eigenvalue weighted by molar-refractivity contribution is 0.140. The smallest absolute Gasteiger partial charge is 0.304 e. The summed E-state index contributed by atoms with van der Waals surface area (Å²) in [7, 11) is 0. The summed E-state index contributed by atoms with van der Waals surface area (Å²) in [6, 6.07) is 5.69. The maximum Gasteiger partial charge on any atom is 0.304 e. The van der Waals surface area contributed by atoms with Crippen LogP contribution in [-0.4, -0.2) is 18.0 Å². The van der Waals surface area contributed by atoms with Gasteiger partial charge in [-0.05, 0) is 36.5 Å². The van der Waals surface area contributed by atoms with Crippen molar-refractivity contribution in [2.45, 2.75) is 6.23 Å². The Hall–Kier alpha value is -1.56. The fourth-order valence-electron chi connectivity index (χ4n) is 1.04. The first-order valence-corrected chi connectivity index (χ1v) is 4.65. The van der Waals surface area contributed by atoms with Gasteiger partial charge in [-0.1, -0.05) is 0 Å². The predicted molar refractivity (Wildman–Crippen MR) is 54.2 cm³/mol. The molecular weight excluding hydrogens is 219 g/mol. The van der Waals surface area contributed by atoms with Crippen molar-refractivity contribution in [1.29, 1.82) is 0 Å². The maximum atomic E-state index is 12.5. The molecule has 1 unspecified atom stereocenters. The fraction of sp³-hybridized carbons (Fsp3) is 0.222. The van der Waals surface area contributed by atoms with Crippen molar-refractivity contribution in [1.82, 2.24) is 0 Å². The Balaban J connectivity index is 1.86. The highest BCUT2D eigenvalue weighted by atomic mass is 32.1. The molecule has 78 valence electrons. The summed E-state index contributed by atoms with van der Waals surface area (Å²) in [5.74, 6) is 0.244. The number of ether oxygens (including phenoxy) is 2. The summed E-state index contributed by atoms with van der Waals surface area (Å²) in [4.78, 5) is 0. The first kappa shape index (κ1) is 9.97. The molecule has 4 nitrogen and oxygen atoms in total. The van der Waals surface area contributed by atoms with Gasteiger partial charge in [0.1, 0.15) is 18.2 Å². The number of thiocarbonyl (C=S) groups is 1. The number of rotatable bonds is 3. The zero-order valence-corrected chi connectivity index (χ0v) is 8.41. The van der Waals surface area contributed by atoms with Gasteiger partial charge in [0.25, 0.3) is 0 Å². The van der Waals surface area contributed by atoms with Crippen LogP contribution in [0.5, 0.6) is 5.75 Å². The van der Waals surface area contributed by atoms with Crippen LogP contribution in [0.25, 0.3) is 0 Å². The molecule has 1 aromatic rings. The van der Waals surface area contributed by atoms with Crippen molar-refractivity contribution in [3.63, 3.8) is 0 Å². The molecule has 0 saturated carbocycles. The van der Waals surface area contributed by atoms with Gasteiger partial charge in [-0.2, -0.15) is 0 Å². The normalized spacial score (nSPS) is 19.0. The fourth-order valence-corrected chi connectivity index (χ4v) is 1.20. The Morgan fingerprint density at radius 1 is 1.40 bits per heavy atom. The highest BCUT2D eigenvalue weighted by Gasteiger charge is 2.17. The van der Waals surface area contributed by atoms with Crippen molar-refractivity contribution in [3.8, 4) is 5.75 Å². The Labute approximate surface area is 90.7 Å². The van der Waals surface area contributed by atoms with Gasteiger partial charge in [0, 0.05) is 0 Å². The molecule has 1 heterocycles. The third-order valence-corrected chi connectivity index (χ3v) is 1.89. The summed E-state index contributed by atoms with van der Waals surface area (Å²) in [6.45, 7) is 0.204. The Morgan fingerprint density at radius 3 is 2.73 bits per heavy atom. The molecule has 0 fully saturated rings. The van der Waals surface area contributed by atoms with Gasteiger partial charge in [0.15, 0.2) is 0 Å². The second-order valence-electron chi connectivity index (χ2n) is 2.82. The SMILES string of the molecule is Fc1ccc(OCC2N=NC(=S)O2)cc1. The van der Waals surface area contributed by atoms with Crippen LogP contribution in [0.15, 0.2) is 34.5 Å². The van der Waals surface area contributed by atoms with Gasteiger partial charge >= 0.3 is 5.17 Å². The molecule has 6 heteroatoms. The quantitative estimate of drug-likeness (QED) is 0.743. The molecule has 0 amide bonds. The number of hydrogen-bond donors (Lipinski definition) is 0. The monoisotopic (exact) mass is 226 g/mol. The minimum absolute atomic E-state index is 0.114. The van der Waals surface area contributed by atoms with E-state index in [0.29, 0.717) is 5.75 Å². The second-order valence-corrected chi connectivity index (χ2v) is 3.17. The average molecular weight is 226 g/mol. The van der Waals surface area contributed by atoms with E-state index < -0.39 is 6.23 Å². The van der Waals surface area contributed by atoms with Gasteiger partial charge in [0.05, 0.1) is 0 Å². The largest absolute Gasteiger partial charge is 0.488 e. The lowest BCUT2D eigenvalue weighted by Gasteiger charge is -2.08. The number of benzene rings is 1. The molecule has 0 radical (unpaired) electrons. The Bertz CT molecular complexity index is 394. The van der Waals surface area contributed by atoms with Gasteiger partial charge < -0.3 is 9.47 Å². The van der Waals surface area contributed by atoms with Crippen molar-refractivity contribution < 1.29 is 13.9 Å². The predicted octanol–water partition coefficient (Wildman–Crippen LogP) is 2.30. The number of nitrogens with zero attached hydrogens (tertiary/aromatic N) is 2. The molecule has 2 rings (SSSR count). The first-order chi connectivity index (χ1) is 7.24. The van der Waals surface area contributed by atoms with Crippen LogP contribution >= 0.6 is 12.2 Å². The van der Waals surface area contributed by atoms with Crippen LogP contribution in [0, 0.1) is 5.82 Å². The summed E-state index contributed by atoms with van der Waals surface area (Å²) in [5.41, 5.74) is 0. The molecule has 0 bridgehead atoms. The van der Waals surface area contributed by atoms with Crippen LogP contribution in [0.2, 0.25) is 0 Å². The zero-order valence-electron chi connectivity index (χ0n) is 7.59. The summed E-state index contributed by atoms with van der Waals surface area (Å²) in [5, 5.41) is 7.36. The Morgan fingerprint density at radius 2 is 2.13 bits per heavy atom. The maximum absolute atomic E-state index is 12.5. The van der Waals surface area contributed by atoms with E-state index >= 15 is 0 Å². The molecule has 1 aliphatic heterocycles. The molecule has 0 saturated heterocycles. The van der Waals surface area contributed by atoms with Crippen molar-refractivity contribution >= 4 is 17.4 Å². The van der Waals surface area contributed by atoms with Gasteiger partial charge in [-0.3, -0.25) is 0 Å². The van der Waals surface area contributed by atoms with E-state index in [4.69, 9.17) is 9.47 Å². The number of halogens is 1. The molecular formula is C9H7FN2O2S. The Kier molecular flexibility index (Phi) is 2.86. The summed E-state index contributed by atoms with van der Waals surface area (Å²) < 4.78 is 22.8. The zero-order chi connectivity index (χ0) is 10.7. The van der Waals surface area contributed by atoms with Crippen LogP contribution in [0.1, 0.15) is 0 Å². The van der Waals surface area contributed by atoms with Crippen LogP contribution in [0.4, 0.5) is 4.39 Å². The molecule has 0 spiro atoms. The van der Waals surface area contributed by atoms with Crippen molar-refractivity contribution in [3.05, 3.63) is 30.1 Å². The van der Waals surface area contributed by atoms with E-state index in [9.17, 15) is 4.39 Å². The van der Waals surface area contributed by atoms with Gasteiger partial charge in [-0.15, -0.1) is 10.2 Å². The molecule has 0 N–H and O–H groups in total. The highest BCUT2D eigenvalue weighted by Crippen LogP contribution is 2.14. The minimum Gasteiger partial charge on any atom is -0.488 e. The highest BCUT2D eigenvalue weighted by molar-refractivity contribution is 7.80. The summed E-state index contributed by atoms with van der Waals surface area (Å²) >= 11 is 4.66. The van der Waals surface area contributed by atoms with Crippen molar-refractivity contribution in [2.24, 2.45) is 10.2 Å². The molecule has 1 atom stereocenters. The first-order valence-electron chi connectivity index (χ1n) is 4.24. The molecule has 0 aliphatic carbocycles. The van der Waals surface area contributed by atoms with E-state index in [0.717, 1.165) is 0 Å². The average Bonchev–Trinajstić information content (AvgIpc) is 2.64. The van der Waals surface area contributed by atoms with Crippen LogP contribution in [0.3, 0.4) is 0 Å². The molecule has 0 aromatic heterocycles. The number of hydrogen-bond acceptors (Lipinski definition) is 4. The van der Waals surface area contributed by atoms with E-state index in [2.05, 4.69) is 22.4 Å². The van der Waals surface area contributed by atoms with E-state index in [-0.39, 0.29) is 17.6 Å². The van der Waals surface area contributed by atoms with E-state index in [1.807, 2.05) is 0 Å². The van der Waals surface area contributed by atoms with Crippen LogP contribution < -0.4 is 4.74 Å². The molecule has 15 heavy (non-hydrogen) atoms. The lowest BCUT2D eigenvalue weighted by Crippen LogP contribution is -2.16. The molecule has 1 aromatic carbocycles. The number of azo groups is 1. The van der Waals surface area contributed by atoms with E-state index in [1.54, 1.807) is 0 Å². The third-order valence-electron chi connectivity index (χ3n) is 1.71. The van der Waals surface area contributed by atoms with Crippen LogP contribution in [-0.2, 0) is 4.74 Å². The topological polar surface area (TPSA) is 43.2 Å². The van der Waals surface area contributed by atoms with Crippen molar-refractivity contribution in [2.75, 3.05) is 6.61 Å². The third kappa shape index (κ3) is 2.69. The summed E-state index contributed by atoms with van der Waals surface area (Å²) in [6.07, 6.45) is -0.498. The lowest BCUT2D eigenvalue weighted by atomic mass is 10.3. The van der Waals surface area contributed by atoms with E-state index in [1.165, 1.54) is 24.3 Å². The van der Waals surface area contributed by atoms with Gasteiger partial charge in [-0.25, -0.2) is 4.39 Å². The second kappa shape index (κ2) is 4.31. The standard InChI is InChI=1S/C9H7FN2O2S/c10-6-1-3-7(4-2-6)13-5-8-11-12-9(15)14-8/h1-4,8H,5H2. The molecule has 1 aliphatic rings.